The quantitative estimate of drug-likeness (QED) is 0.474. The van der Waals surface area contributed by atoms with E-state index in [1.165, 1.54) is 4.88 Å². The minimum Gasteiger partial charge on any atom is -0.493 e. The van der Waals surface area contributed by atoms with Crippen LogP contribution in [0.4, 0.5) is 0 Å². The highest BCUT2D eigenvalue weighted by molar-refractivity contribution is 7.09. The van der Waals surface area contributed by atoms with Crippen molar-refractivity contribution in [2.45, 2.75) is 12.6 Å². The SMILES string of the molecule is C=CCN1CCN([C@@H](c2ccc(OC)c(OC)c2)c2nnnn2Cc2cccs2)CC1. The minimum absolute atomic E-state index is 0.0827. The zero-order valence-electron chi connectivity index (χ0n) is 18.0. The number of aromatic nitrogens is 4. The zero-order valence-corrected chi connectivity index (χ0v) is 18.8. The number of nitrogens with zero attached hydrogens (tertiary/aromatic N) is 6. The van der Waals surface area contributed by atoms with Crippen LogP contribution in [0.5, 0.6) is 11.5 Å². The first kappa shape index (κ1) is 21.5. The van der Waals surface area contributed by atoms with E-state index < -0.39 is 0 Å². The summed E-state index contributed by atoms with van der Waals surface area (Å²) >= 11 is 1.71. The Morgan fingerprint density at radius 3 is 2.61 bits per heavy atom. The lowest BCUT2D eigenvalue weighted by atomic mass is 10.0. The maximum atomic E-state index is 5.58. The van der Waals surface area contributed by atoms with Crippen molar-refractivity contribution >= 4 is 11.3 Å². The van der Waals surface area contributed by atoms with Gasteiger partial charge in [0.25, 0.3) is 0 Å². The van der Waals surface area contributed by atoms with Crippen LogP contribution in [0.25, 0.3) is 0 Å². The van der Waals surface area contributed by atoms with Crippen LogP contribution < -0.4 is 9.47 Å². The number of benzene rings is 1. The molecule has 1 aliphatic heterocycles. The first-order chi connectivity index (χ1) is 15.2. The van der Waals surface area contributed by atoms with Gasteiger partial charge >= 0.3 is 0 Å². The maximum absolute atomic E-state index is 5.58. The topological polar surface area (TPSA) is 68.5 Å². The van der Waals surface area contributed by atoms with Crippen LogP contribution in [-0.4, -0.2) is 77.0 Å². The molecule has 2 aromatic heterocycles. The molecule has 0 saturated carbocycles. The van der Waals surface area contributed by atoms with Gasteiger partial charge in [0.15, 0.2) is 17.3 Å². The Kier molecular flexibility index (Phi) is 6.96. The molecule has 0 spiro atoms. The van der Waals surface area contributed by atoms with Crippen LogP contribution in [0.1, 0.15) is 22.3 Å². The summed E-state index contributed by atoms with van der Waals surface area (Å²) in [4.78, 5) is 6.07. The maximum Gasteiger partial charge on any atom is 0.173 e. The van der Waals surface area contributed by atoms with Crippen LogP contribution in [-0.2, 0) is 6.54 Å². The normalized spacial score (nSPS) is 16.2. The Morgan fingerprint density at radius 1 is 1.13 bits per heavy atom. The van der Waals surface area contributed by atoms with Gasteiger partial charge in [0.05, 0.1) is 26.8 Å². The third kappa shape index (κ3) is 4.79. The van der Waals surface area contributed by atoms with Gasteiger partial charge in [0, 0.05) is 37.6 Å². The summed E-state index contributed by atoms with van der Waals surface area (Å²) in [6.45, 7) is 9.21. The molecule has 1 fully saturated rings. The van der Waals surface area contributed by atoms with Gasteiger partial charge in [-0.1, -0.05) is 18.2 Å². The summed E-state index contributed by atoms with van der Waals surface area (Å²) in [6.07, 6.45) is 1.96. The molecule has 8 nitrogen and oxygen atoms in total. The van der Waals surface area contributed by atoms with Gasteiger partial charge < -0.3 is 9.47 Å². The van der Waals surface area contributed by atoms with Crippen molar-refractivity contribution in [3.63, 3.8) is 0 Å². The van der Waals surface area contributed by atoms with Crippen LogP contribution in [0, 0.1) is 0 Å². The second-order valence-corrected chi connectivity index (χ2v) is 8.45. The fourth-order valence-corrected chi connectivity index (χ4v) is 4.69. The van der Waals surface area contributed by atoms with E-state index in [1.807, 2.05) is 22.9 Å². The van der Waals surface area contributed by atoms with E-state index in [-0.39, 0.29) is 6.04 Å². The zero-order chi connectivity index (χ0) is 21.6. The molecular weight excluding hydrogens is 412 g/mol. The fraction of sp³-hybridized carbons (Fsp3) is 0.409. The Bertz CT molecular complexity index is 982. The molecule has 0 N–H and O–H groups in total. The van der Waals surface area contributed by atoms with Crippen molar-refractivity contribution in [3.05, 3.63) is 64.6 Å². The second kappa shape index (κ2) is 10.0. The number of rotatable bonds is 9. The molecule has 1 aliphatic rings. The number of ether oxygens (including phenoxy) is 2. The molecule has 0 amide bonds. The number of piperazine rings is 1. The first-order valence-corrected chi connectivity index (χ1v) is 11.2. The standard InChI is InChI=1S/C22H28N6O2S/c1-4-9-26-10-12-27(13-11-26)21(17-7-8-19(29-2)20(15-17)30-3)22-23-24-25-28(22)16-18-6-5-14-31-18/h4-8,14-15,21H,1,9-13,16H2,2-3H3/t21-/m0/s1. The molecule has 0 bridgehead atoms. The number of methoxy groups -OCH3 is 2. The second-order valence-electron chi connectivity index (χ2n) is 7.42. The first-order valence-electron chi connectivity index (χ1n) is 10.3. The molecule has 164 valence electrons. The van der Waals surface area contributed by atoms with Gasteiger partial charge in [-0.15, -0.1) is 23.0 Å². The lowest BCUT2D eigenvalue weighted by Gasteiger charge is -2.38. The van der Waals surface area contributed by atoms with Crippen molar-refractivity contribution in [2.75, 3.05) is 46.9 Å². The molecular formula is C22H28N6O2S. The predicted octanol–water partition coefficient (Wildman–Crippen LogP) is 2.69. The van der Waals surface area contributed by atoms with E-state index in [2.05, 4.69) is 55.5 Å². The van der Waals surface area contributed by atoms with Crippen molar-refractivity contribution < 1.29 is 9.47 Å². The third-order valence-corrected chi connectivity index (χ3v) is 6.43. The summed E-state index contributed by atoms with van der Waals surface area (Å²) in [6, 6.07) is 10.1. The van der Waals surface area contributed by atoms with Crippen LogP contribution in [0.3, 0.4) is 0 Å². The van der Waals surface area contributed by atoms with Gasteiger partial charge in [-0.2, -0.15) is 0 Å². The van der Waals surface area contributed by atoms with Crippen LogP contribution in [0.15, 0.2) is 48.4 Å². The summed E-state index contributed by atoms with van der Waals surface area (Å²) in [7, 11) is 3.31. The van der Waals surface area contributed by atoms with Gasteiger partial charge in [0.2, 0.25) is 0 Å². The minimum atomic E-state index is -0.0827. The van der Waals surface area contributed by atoms with E-state index in [1.54, 1.807) is 25.6 Å². The van der Waals surface area contributed by atoms with Crippen LogP contribution >= 0.6 is 11.3 Å². The Balaban J connectivity index is 1.69. The summed E-state index contributed by atoms with van der Waals surface area (Å²) < 4.78 is 12.9. The van der Waals surface area contributed by atoms with Gasteiger partial charge in [-0.05, 0) is 39.6 Å². The molecule has 1 atom stereocenters. The van der Waals surface area contributed by atoms with E-state index in [4.69, 9.17) is 9.47 Å². The van der Waals surface area contributed by atoms with Gasteiger partial charge in [0.1, 0.15) is 0 Å². The molecule has 1 saturated heterocycles. The van der Waals surface area contributed by atoms with Crippen molar-refractivity contribution in [2.24, 2.45) is 0 Å². The molecule has 4 rings (SSSR count). The van der Waals surface area contributed by atoms with Crippen LogP contribution in [0.2, 0.25) is 0 Å². The summed E-state index contributed by atoms with van der Waals surface area (Å²) in [5.41, 5.74) is 1.08. The number of hydrogen-bond acceptors (Lipinski definition) is 8. The molecule has 0 aliphatic carbocycles. The number of thiophene rings is 1. The monoisotopic (exact) mass is 440 g/mol. The number of hydrogen-bond donors (Lipinski definition) is 0. The van der Waals surface area contributed by atoms with Gasteiger partial charge in [-0.3, -0.25) is 9.80 Å². The molecule has 0 radical (unpaired) electrons. The number of tetrazole rings is 1. The highest BCUT2D eigenvalue weighted by Crippen LogP contribution is 2.35. The van der Waals surface area contributed by atoms with Crippen molar-refractivity contribution in [1.29, 1.82) is 0 Å². The third-order valence-electron chi connectivity index (χ3n) is 5.57. The molecule has 3 aromatic rings. The molecule has 1 aromatic carbocycles. The van der Waals surface area contributed by atoms with E-state index in [0.29, 0.717) is 18.0 Å². The highest BCUT2D eigenvalue weighted by Gasteiger charge is 2.31. The lowest BCUT2D eigenvalue weighted by molar-refractivity contribution is 0.112. The van der Waals surface area contributed by atoms with E-state index in [9.17, 15) is 0 Å². The largest absolute Gasteiger partial charge is 0.493 e. The Labute approximate surface area is 186 Å². The Morgan fingerprint density at radius 2 is 1.94 bits per heavy atom. The summed E-state index contributed by atoms with van der Waals surface area (Å²) in [5.74, 6) is 2.24. The summed E-state index contributed by atoms with van der Waals surface area (Å²) in [5, 5.41) is 14.9. The molecule has 0 unspecified atom stereocenters. The predicted molar refractivity (Wildman–Crippen MR) is 121 cm³/mol. The lowest BCUT2D eigenvalue weighted by Crippen LogP contribution is -2.48. The van der Waals surface area contributed by atoms with Crippen molar-refractivity contribution in [1.82, 2.24) is 30.0 Å². The van der Waals surface area contributed by atoms with E-state index >= 15 is 0 Å². The average Bonchev–Trinajstić information content (AvgIpc) is 3.48. The molecule has 3 heterocycles. The fourth-order valence-electron chi connectivity index (χ4n) is 4.00. The van der Waals surface area contributed by atoms with Crippen molar-refractivity contribution in [3.8, 4) is 11.5 Å². The smallest absolute Gasteiger partial charge is 0.173 e. The highest BCUT2D eigenvalue weighted by atomic mass is 32.1. The molecule has 9 heteroatoms. The Hall–Kier alpha value is -2.75. The molecule has 31 heavy (non-hydrogen) atoms. The average molecular weight is 441 g/mol. The van der Waals surface area contributed by atoms with E-state index in [0.717, 1.165) is 44.1 Å². The van der Waals surface area contributed by atoms with Gasteiger partial charge in [-0.25, -0.2) is 4.68 Å².